The molecule has 1 saturated carbocycles. The highest BCUT2D eigenvalue weighted by Gasteiger charge is 2.54. The zero-order chi connectivity index (χ0) is 42.9. The summed E-state index contributed by atoms with van der Waals surface area (Å²) in [6, 6.07) is 11.9. The van der Waals surface area contributed by atoms with E-state index in [1.807, 2.05) is 12.1 Å². The van der Waals surface area contributed by atoms with Crippen molar-refractivity contribution in [3.8, 4) is 23.0 Å². The van der Waals surface area contributed by atoms with Gasteiger partial charge in [-0.25, -0.2) is 0 Å². The van der Waals surface area contributed by atoms with Gasteiger partial charge in [-0.1, -0.05) is 6.42 Å². The van der Waals surface area contributed by atoms with Gasteiger partial charge in [0.25, 0.3) is 0 Å². The predicted molar refractivity (Wildman–Crippen MR) is 215 cm³/mol. The van der Waals surface area contributed by atoms with Crippen LogP contribution in [0.4, 0.5) is 0 Å². The number of quaternary nitrogens is 2. The molecule has 5 aliphatic rings. The van der Waals surface area contributed by atoms with Crippen LogP contribution in [-0.2, 0) is 51.3 Å². The van der Waals surface area contributed by atoms with Gasteiger partial charge in [-0.05, 0) is 55.7 Å². The minimum atomic E-state index is -0.497. The van der Waals surface area contributed by atoms with Crippen molar-refractivity contribution in [3.05, 3.63) is 47.5 Å². The van der Waals surface area contributed by atoms with E-state index < -0.39 is 23.9 Å². The maximum Gasteiger partial charge on any atom is 0.309 e. The molecule has 0 spiro atoms. The second-order valence-corrected chi connectivity index (χ2v) is 18.3. The fraction of sp³-hybridized carbons (Fsp3) is 0.609. The lowest BCUT2D eigenvalue weighted by atomic mass is 9.81. The highest BCUT2D eigenvalue weighted by atomic mass is 79.9. The summed E-state index contributed by atoms with van der Waals surface area (Å²) in [5.74, 6) is -2.22. The van der Waals surface area contributed by atoms with E-state index in [1.54, 1.807) is 24.3 Å². The zero-order valence-electron chi connectivity index (χ0n) is 36.5. The summed E-state index contributed by atoms with van der Waals surface area (Å²) in [6.07, 6.45) is 9.39. The van der Waals surface area contributed by atoms with E-state index in [0.717, 1.165) is 77.9 Å². The van der Waals surface area contributed by atoms with Crippen LogP contribution in [0.25, 0.3) is 0 Å². The van der Waals surface area contributed by atoms with Crippen molar-refractivity contribution in [2.45, 2.75) is 154 Å². The molecule has 4 aliphatic heterocycles. The first kappa shape index (κ1) is 49.2. The van der Waals surface area contributed by atoms with Crippen LogP contribution in [0.1, 0.15) is 116 Å². The number of benzene rings is 2. The minimum Gasteiger partial charge on any atom is -1.00 e. The monoisotopic (exact) mass is 990 g/mol. The number of ether oxygens (including phenoxy) is 6. The lowest BCUT2D eigenvalue weighted by molar-refractivity contribution is -0.961. The van der Waals surface area contributed by atoms with Crippen LogP contribution in [0.3, 0.4) is 0 Å². The largest absolute Gasteiger partial charge is 1.00 e. The molecule has 5 fully saturated rings. The summed E-state index contributed by atoms with van der Waals surface area (Å²) in [4.78, 5) is 74.2. The molecule has 0 aromatic heterocycles. The van der Waals surface area contributed by atoms with Crippen LogP contribution < -0.4 is 52.9 Å². The predicted octanol–water partition coefficient (Wildman–Crippen LogP) is 0.269. The van der Waals surface area contributed by atoms with Crippen LogP contribution >= 0.6 is 0 Å². The molecule has 10 atom stereocenters. The summed E-state index contributed by atoms with van der Waals surface area (Å²) >= 11 is 0. The Bertz CT molecular complexity index is 1860. The van der Waals surface area contributed by atoms with Gasteiger partial charge < -0.3 is 71.4 Å². The lowest BCUT2D eigenvalue weighted by Crippen LogP contribution is -3.00. The van der Waals surface area contributed by atoms with Gasteiger partial charge in [0, 0.05) is 90.2 Å². The fourth-order valence-corrected chi connectivity index (χ4v) is 11.3. The van der Waals surface area contributed by atoms with Crippen molar-refractivity contribution in [1.29, 1.82) is 0 Å². The molecule has 7 rings (SSSR count). The molecule has 4 saturated heterocycles. The summed E-state index contributed by atoms with van der Waals surface area (Å²) < 4.78 is 35.4. The summed E-state index contributed by atoms with van der Waals surface area (Å²) in [6.45, 7) is 6.62. The number of halogens is 2. The number of carbonyl (C=O) groups excluding carboxylic acids is 6. The average molecular weight is 993 g/mol. The molecule has 62 heavy (non-hydrogen) atoms. The smallest absolute Gasteiger partial charge is 0.309 e. The molecule has 4 heterocycles. The van der Waals surface area contributed by atoms with Gasteiger partial charge in [-0.15, -0.1) is 0 Å². The van der Waals surface area contributed by atoms with E-state index in [9.17, 15) is 28.8 Å². The molecule has 340 valence electrons. The molecule has 2 aromatic carbocycles. The zero-order valence-corrected chi connectivity index (χ0v) is 39.7. The third-order valence-corrected chi connectivity index (χ3v) is 14.1. The van der Waals surface area contributed by atoms with Crippen LogP contribution in [0.5, 0.6) is 23.0 Å². The number of esters is 6. The lowest BCUT2D eigenvalue weighted by Gasteiger charge is -2.47. The number of rotatable bonds is 12. The Kier molecular flexibility index (Phi) is 16.1. The number of hydrogen-bond acceptors (Lipinski definition) is 12. The van der Waals surface area contributed by atoms with Crippen molar-refractivity contribution >= 4 is 35.8 Å². The van der Waals surface area contributed by atoms with Gasteiger partial charge in [0.15, 0.2) is 23.0 Å². The Balaban J connectivity index is 0.00000363. The third kappa shape index (κ3) is 11.1. The Labute approximate surface area is 384 Å². The number of fused-ring (bicyclic) bond motifs is 4. The Hall–Kier alpha value is -3.86. The molecule has 1 aliphatic carbocycles. The first-order valence-corrected chi connectivity index (χ1v) is 21.6. The number of nitrogens with zero attached hydrogens (tertiary/aromatic N) is 2. The summed E-state index contributed by atoms with van der Waals surface area (Å²) in [5.41, 5.74) is 1.93. The maximum absolute atomic E-state index is 13.7. The maximum atomic E-state index is 13.7. The van der Waals surface area contributed by atoms with Gasteiger partial charge >= 0.3 is 35.8 Å². The minimum absolute atomic E-state index is 0. The van der Waals surface area contributed by atoms with Crippen LogP contribution in [-0.4, -0.2) is 95.3 Å². The quantitative estimate of drug-likeness (QED) is 0.163. The summed E-state index contributed by atoms with van der Waals surface area (Å²) in [5, 5.41) is 0. The first-order valence-electron chi connectivity index (χ1n) is 21.6. The Morgan fingerprint density at radius 2 is 0.806 bits per heavy atom. The molecule has 6 unspecified atom stereocenters. The van der Waals surface area contributed by atoms with E-state index in [-0.39, 0.29) is 92.9 Å². The first-order chi connectivity index (χ1) is 28.5. The molecule has 16 heteroatoms. The van der Waals surface area contributed by atoms with Crippen molar-refractivity contribution in [2.75, 3.05) is 14.1 Å². The van der Waals surface area contributed by atoms with Gasteiger partial charge in [-0.2, -0.15) is 0 Å². The van der Waals surface area contributed by atoms with Gasteiger partial charge in [0.2, 0.25) is 0 Å². The van der Waals surface area contributed by atoms with Gasteiger partial charge in [0.1, 0.15) is 25.3 Å². The van der Waals surface area contributed by atoms with E-state index >= 15 is 0 Å². The average Bonchev–Trinajstić information content (AvgIpc) is 3.40. The molecular weight excluding hydrogens is 932 g/mol. The normalized spacial score (nSPS) is 30.7. The van der Waals surface area contributed by atoms with Crippen molar-refractivity contribution in [1.82, 2.24) is 0 Å². The number of piperidine rings is 2. The van der Waals surface area contributed by atoms with Crippen LogP contribution in [0, 0.1) is 11.8 Å². The van der Waals surface area contributed by atoms with Crippen LogP contribution in [0.15, 0.2) is 36.4 Å². The van der Waals surface area contributed by atoms with E-state index in [4.69, 9.17) is 28.4 Å². The molecule has 0 radical (unpaired) electrons. The third-order valence-electron chi connectivity index (χ3n) is 14.1. The van der Waals surface area contributed by atoms with E-state index in [2.05, 4.69) is 14.1 Å². The van der Waals surface area contributed by atoms with Crippen molar-refractivity contribution < 1.29 is 100 Å². The van der Waals surface area contributed by atoms with Crippen LogP contribution in [0.2, 0.25) is 0 Å². The second-order valence-electron chi connectivity index (χ2n) is 18.3. The molecular formula is C46H60Br2N2O12. The SMILES string of the molecule is CC(=O)Oc1ccc(C[N+]2(C)[C@@H]3CC[C@H]2CC(OC(=O)C2CCCC(C(=O)OC4C[C@H]5CC[C@@H](C4)[N+]5(C)Cc4ccc(OC(C)=O)c(OC(C)=O)c4)C2)C3)cc1OC(C)=O.[Br-].[Br-]. The topological polar surface area (TPSA) is 158 Å². The highest BCUT2D eigenvalue weighted by molar-refractivity contribution is 5.77. The molecule has 2 aromatic rings. The molecule has 0 amide bonds. The fourth-order valence-electron chi connectivity index (χ4n) is 11.3. The van der Waals surface area contributed by atoms with Gasteiger partial charge in [-0.3, -0.25) is 28.8 Å². The van der Waals surface area contributed by atoms with E-state index in [1.165, 1.54) is 27.7 Å². The number of hydrogen-bond donors (Lipinski definition) is 0. The van der Waals surface area contributed by atoms with Crippen molar-refractivity contribution in [3.63, 3.8) is 0 Å². The Morgan fingerprint density at radius 3 is 1.13 bits per heavy atom. The molecule has 14 nitrogen and oxygen atoms in total. The molecule has 0 N–H and O–H groups in total. The standard InChI is InChI=1S/C46H60N2O12.2BrH/c1-27(49)55-41-16-10-31(18-43(41)57-29(3)51)25-47(5)35-12-13-36(47)22-39(21-35)59-45(53)33-8-7-9-34(20-33)46(54)60-40-23-37-14-15-38(24-40)48(37,6)26-32-11-17-42(56-28(2)50)44(19-32)58-30(4)52;;/h10-11,16-19,33-40H,7-9,12-15,20-26H2,1-6H3;2*1H/q+2;;/p-2/t33?,34?,35-,36+,37-,38+,39?,40?,47?,48?;;. The molecule has 4 bridgehead atoms. The highest BCUT2D eigenvalue weighted by Crippen LogP contribution is 2.46. The second kappa shape index (κ2) is 20.3. The van der Waals surface area contributed by atoms with Crippen molar-refractivity contribution in [2.24, 2.45) is 11.8 Å². The number of carbonyl (C=O) groups is 6. The summed E-state index contributed by atoms with van der Waals surface area (Å²) in [7, 11) is 4.49. The Morgan fingerprint density at radius 1 is 0.484 bits per heavy atom. The van der Waals surface area contributed by atoms with Gasteiger partial charge in [0.05, 0.1) is 50.1 Å². The van der Waals surface area contributed by atoms with E-state index in [0.29, 0.717) is 56.5 Å².